The van der Waals surface area contributed by atoms with Gasteiger partial charge in [0.05, 0.1) is 0 Å². The van der Waals surface area contributed by atoms with Crippen LogP contribution in [0.3, 0.4) is 0 Å². The lowest BCUT2D eigenvalue weighted by atomic mass is 10.0. The zero-order valence-electron chi connectivity index (χ0n) is 15.3. The molecular formula is C20H21FN6O. The van der Waals surface area contributed by atoms with Crippen molar-refractivity contribution in [3.8, 4) is 5.82 Å². The van der Waals surface area contributed by atoms with E-state index in [9.17, 15) is 9.18 Å². The number of hydrogen-bond donors (Lipinski definition) is 1. The molecule has 1 aliphatic rings. The van der Waals surface area contributed by atoms with E-state index in [4.69, 9.17) is 0 Å². The van der Waals surface area contributed by atoms with E-state index >= 15 is 0 Å². The van der Waals surface area contributed by atoms with Crippen molar-refractivity contribution in [3.05, 3.63) is 72.2 Å². The van der Waals surface area contributed by atoms with Crippen molar-refractivity contribution in [2.75, 3.05) is 13.1 Å². The van der Waals surface area contributed by atoms with Crippen LogP contribution in [0.5, 0.6) is 0 Å². The van der Waals surface area contributed by atoms with Crippen LogP contribution in [0.25, 0.3) is 5.82 Å². The summed E-state index contributed by atoms with van der Waals surface area (Å²) in [4.78, 5) is 19.2. The molecule has 1 aliphatic heterocycles. The van der Waals surface area contributed by atoms with Crippen LogP contribution in [-0.4, -0.2) is 49.7 Å². The normalized spacial score (nSPS) is 17.4. The number of carbonyl (C=O) groups excluding carboxylic acids is 1. The van der Waals surface area contributed by atoms with Crippen molar-refractivity contribution >= 4 is 5.91 Å². The Balaban J connectivity index is 1.39. The maximum atomic E-state index is 13.9. The zero-order valence-corrected chi connectivity index (χ0v) is 15.3. The molecule has 2 aromatic heterocycles. The molecule has 1 saturated heterocycles. The van der Waals surface area contributed by atoms with Crippen LogP contribution in [0.2, 0.25) is 0 Å². The number of piperidine rings is 1. The number of hydrogen-bond acceptors (Lipinski definition) is 5. The maximum Gasteiger partial charge on any atom is 0.270 e. The Bertz CT molecular complexity index is 945. The van der Waals surface area contributed by atoms with Gasteiger partial charge in [-0.05, 0) is 37.6 Å². The highest BCUT2D eigenvalue weighted by Gasteiger charge is 2.23. The SMILES string of the molecule is O=C(NC1CCCN(Cc2ccccc2F)C1)c1cccc(-n2cnnc2)n1. The van der Waals surface area contributed by atoms with Gasteiger partial charge >= 0.3 is 0 Å². The number of halogens is 1. The molecule has 28 heavy (non-hydrogen) atoms. The van der Waals surface area contributed by atoms with Gasteiger partial charge in [0.1, 0.15) is 30.0 Å². The minimum absolute atomic E-state index is 0.00777. The summed E-state index contributed by atoms with van der Waals surface area (Å²) >= 11 is 0. The summed E-state index contributed by atoms with van der Waals surface area (Å²) in [7, 11) is 0. The first-order valence-corrected chi connectivity index (χ1v) is 9.28. The highest BCUT2D eigenvalue weighted by molar-refractivity contribution is 5.92. The van der Waals surface area contributed by atoms with Crippen LogP contribution in [0.4, 0.5) is 4.39 Å². The standard InChI is InChI=1S/C20H21FN6O/c21-17-7-2-1-5-15(17)11-26-10-4-6-16(12-26)24-20(28)18-8-3-9-19(25-18)27-13-22-23-14-27/h1-3,5,7-9,13-14,16H,4,6,10-12H2,(H,24,28). The van der Waals surface area contributed by atoms with Crippen LogP contribution in [0.1, 0.15) is 28.9 Å². The fourth-order valence-electron chi connectivity index (χ4n) is 3.46. The summed E-state index contributed by atoms with van der Waals surface area (Å²) in [5.41, 5.74) is 1.02. The molecule has 0 aliphatic carbocycles. The van der Waals surface area contributed by atoms with Gasteiger partial charge in [0, 0.05) is 24.7 Å². The van der Waals surface area contributed by atoms with Crippen LogP contribution in [-0.2, 0) is 6.54 Å². The molecular weight excluding hydrogens is 359 g/mol. The molecule has 1 fully saturated rings. The van der Waals surface area contributed by atoms with Crippen molar-refractivity contribution in [1.82, 2.24) is 30.0 Å². The third kappa shape index (κ3) is 4.23. The fourth-order valence-corrected chi connectivity index (χ4v) is 3.46. The Kier molecular flexibility index (Phi) is 5.38. The Hall–Kier alpha value is -3.13. The number of benzene rings is 1. The molecule has 3 aromatic rings. The molecule has 0 spiro atoms. The number of likely N-dealkylation sites (tertiary alicyclic amines) is 1. The van der Waals surface area contributed by atoms with E-state index in [2.05, 4.69) is 25.4 Å². The van der Waals surface area contributed by atoms with Gasteiger partial charge in [0.2, 0.25) is 0 Å². The Morgan fingerprint density at radius 1 is 1.14 bits per heavy atom. The minimum atomic E-state index is -0.215. The molecule has 1 atom stereocenters. The van der Waals surface area contributed by atoms with Gasteiger partial charge in [0.25, 0.3) is 5.91 Å². The molecule has 4 rings (SSSR count). The molecule has 3 heterocycles. The van der Waals surface area contributed by atoms with Gasteiger partial charge in [-0.2, -0.15) is 0 Å². The molecule has 8 heteroatoms. The van der Waals surface area contributed by atoms with E-state index in [1.54, 1.807) is 34.9 Å². The number of pyridine rings is 1. The zero-order chi connectivity index (χ0) is 19.3. The molecule has 0 radical (unpaired) electrons. The second kappa shape index (κ2) is 8.26. The summed E-state index contributed by atoms with van der Waals surface area (Å²) < 4.78 is 15.6. The van der Waals surface area contributed by atoms with E-state index < -0.39 is 0 Å². The molecule has 1 N–H and O–H groups in total. The van der Waals surface area contributed by atoms with Gasteiger partial charge in [-0.1, -0.05) is 24.3 Å². The number of nitrogens with one attached hydrogen (secondary N) is 1. The monoisotopic (exact) mass is 380 g/mol. The smallest absolute Gasteiger partial charge is 0.270 e. The summed E-state index contributed by atoms with van der Waals surface area (Å²) in [5.74, 6) is 0.179. The maximum absolute atomic E-state index is 13.9. The van der Waals surface area contributed by atoms with Crippen molar-refractivity contribution in [1.29, 1.82) is 0 Å². The highest BCUT2D eigenvalue weighted by atomic mass is 19.1. The lowest BCUT2D eigenvalue weighted by Gasteiger charge is -2.33. The van der Waals surface area contributed by atoms with Crippen molar-refractivity contribution in [2.24, 2.45) is 0 Å². The molecule has 1 amide bonds. The first-order valence-electron chi connectivity index (χ1n) is 9.28. The number of aromatic nitrogens is 4. The Morgan fingerprint density at radius 2 is 1.96 bits per heavy atom. The van der Waals surface area contributed by atoms with Crippen LogP contribution in [0, 0.1) is 5.82 Å². The van der Waals surface area contributed by atoms with Gasteiger partial charge in [-0.3, -0.25) is 14.3 Å². The number of amides is 1. The first-order chi connectivity index (χ1) is 13.7. The molecule has 1 unspecified atom stereocenters. The number of carbonyl (C=O) groups is 1. The predicted molar refractivity (Wildman–Crippen MR) is 101 cm³/mol. The average Bonchev–Trinajstić information content (AvgIpc) is 3.25. The van der Waals surface area contributed by atoms with Crippen LogP contribution < -0.4 is 5.32 Å². The summed E-state index contributed by atoms with van der Waals surface area (Å²) in [6.07, 6.45) is 4.91. The predicted octanol–water partition coefficient (Wildman–Crippen LogP) is 2.20. The van der Waals surface area contributed by atoms with Crippen LogP contribution >= 0.6 is 0 Å². The highest BCUT2D eigenvalue weighted by Crippen LogP contribution is 2.16. The summed E-state index contributed by atoms with van der Waals surface area (Å²) in [6, 6.07) is 12.1. The summed E-state index contributed by atoms with van der Waals surface area (Å²) in [6.45, 7) is 2.12. The van der Waals surface area contributed by atoms with Gasteiger partial charge in [0.15, 0.2) is 0 Å². The molecule has 144 valence electrons. The lowest BCUT2D eigenvalue weighted by molar-refractivity contribution is 0.0895. The second-order valence-corrected chi connectivity index (χ2v) is 6.89. The van der Waals surface area contributed by atoms with Crippen molar-refractivity contribution in [3.63, 3.8) is 0 Å². The Morgan fingerprint density at radius 3 is 2.79 bits per heavy atom. The molecule has 7 nitrogen and oxygen atoms in total. The topological polar surface area (TPSA) is 75.9 Å². The van der Waals surface area contributed by atoms with Crippen LogP contribution in [0.15, 0.2) is 55.1 Å². The van der Waals surface area contributed by atoms with E-state index in [0.717, 1.165) is 19.4 Å². The van der Waals surface area contributed by atoms with Crippen molar-refractivity contribution in [2.45, 2.75) is 25.4 Å². The largest absolute Gasteiger partial charge is 0.347 e. The van der Waals surface area contributed by atoms with Gasteiger partial charge in [-0.25, -0.2) is 9.37 Å². The summed E-state index contributed by atoms with van der Waals surface area (Å²) in [5, 5.41) is 10.6. The Labute approximate surface area is 162 Å². The fraction of sp³-hybridized carbons (Fsp3) is 0.300. The van der Waals surface area contributed by atoms with E-state index in [0.29, 0.717) is 30.2 Å². The quantitative estimate of drug-likeness (QED) is 0.734. The molecule has 0 saturated carbocycles. The molecule has 1 aromatic carbocycles. The third-order valence-electron chi connectivity index (χ3n) is 4.84. The lowest BCUT2D eigenvalue weighted by Crippen LogP contribution is -2.47. The van der Waals surface area contributed by atoms with Gasteiger partial charge < -0.3 is 5.32 Å². The molecule has 0 bridgehead atoms. The van der Waals surface area contributed by atoms with Crippen molar-refractivity contribution < 1.29 is 9.18 Å². The first kappa shape index (κ1) is 18.2. The van der Waals surface area contributed by atoms with Gasteiger partial charge in [-0.15, -0.1) is 10.2 Å². The number of rotatable bonds is 5. The van der Waals surface area contributed by atoms with E-state index in [-0.39, 0.29) is 17.8 Å². The van der Waals surface area contributed by atoms with E-state index in [1.165, 1.54) is 18.7 Å². The second-order valence-electron chi connectivity index (χ2n) is 6.89. The third-order valence-corrected chi connectivity index (χ3v) is 4.84. The minimum Gasteiger partial charge on any atom is -0.347 e. The average molecular weight is 380 g/mol. The van der Waals surface area contributed by atoms with E-state index in [1.807, 2.05) is 6.07 Å². The number of nitrogens with zero attached hydrogens (tertiary/aromatic N) is 5.